The Morgan fingerprint density at radius 2 is 1.89 bits per heavy atom. The summed E-state index contributed by atoms with van der Waals surface area (Å²) >= 11 is 5.97. The van der Waals surface area contributed by atoms with Crippen LogP contribution < -0.4 is 5.32 Å². The van der Waals surface area contributed by atoms with Crippen LogP contribution in [0.5, 0.6) is 0 Å². The molecule has 1 aromatic carbocycles. The largest absolute Gasteiger partial charge is 0.443 e. The Morgan fingerprint density at radius 3 is 2.50 bits per heavy atom. The third-order valence-corrected chi connectivity index (χ3v) is 4.65. The van der Waals surface area contributed by atoms with Crippen LogP contribution in [0.3, 0.4) is 0 Å². The Balaban J connectivity index is 2.05. The zero-order valence-electron chi connectivity index (χ0n) is 16.1. The van der Waals surface area contributed by atoms with Crippen LogP contribution in [0.4, 0.5) is 11.7 Å². The fourth-order valence-electron chi connectivity index (χ4n) is 3.13. The van der Waals surface area contributed by atoms with E-state index in [1.165, 1.54) is 6.92 Å². The van der Waals surface area contributed by atoms with Crippen molar-refractivity contribution in [2.24, 2.45) is 0 Å². The number of furan rings is 1. The number of hydrogen-bond acceptors (Lipinski definition) is 6. The van der Waals surface area contributed by atoms with Crippen molar-refractivity contribution in [3.05, 3.63) is 68.8 Å². The zero-order valence-corrected chi connectivity index (χ0v) is 16.8. The quantitative estimate of drug-likeness (QED) is 0.608. The van der Waals surface area contributed by atoms with Crippen molar-refractivity contribution in [2.75, 3.05) is 5.32 Å². The molecule has 28 heavy (non-hydrogen) atoms. The highest BCUT2D eigenvalue weighted by Gasteiger charge is 2.23. The van der Waals surface area contributed by atoms with Crippen LogP contribution >= 0.6 is 11.6 Å². The fraction of sp³-hybridized carbons (Fsp3) is 0.238. The molecule has 0 aliphatic carbocycles. The lowest BCUT2D eigenvalue weighted by molar-refractivity contribution is 0.101. The molecular weight excluding hydrogens is 376 g/mol. The summed E-state index contributed by atoms with van der Waals surface area (Å²) in [6, 6.07) is 9.60. The van der Waals surface area contributed by atoms with E-state index in [1.54, 1.807) is 13.8 Å². The molecule has 3 aromatic rings. The molecule has 0 saturated carbocycles. The van der Waals surface area contributed by atoms with Crippen LogP contribution in [0.2, 0.25) is 5.02 Å². The maximum Gasteiger partial charge on any atom is 0.217 e. The van der Waals surface area contributed by atoms with Gasteiger partial charge in [0.2, 0.25) is 5.88 Å². The van der Waals surface area contributed by atoms with Gasteiger partial charge < -0.3 is 9.73 Å². The molecule has 7 heteroatoms. The van der Waals surface area contributed by atoms with Gasteiger partial charge in [0.15, 0.2) is 5.78 Å². The van der Waals surface area contributed by atoms with E-state index < -0.39 is 0 Å². The van der Waals surface area contributed by atoms with Gasteiger partial charge >= 0.3 is 0 Å². The molecule has 0 atom stereocenters. The molecule has 0 unspecified atom stereocenters. The Morgan fingerprint density at radius 1 is 1.21 bits per heavy atom. The van der Waals surface area contributed by atoms with E-state index in [0.717, 1.165) is 16.8 Å². The molecule has 0 spiro atoms. The van der Waals surface area contributed by atoms with Crippen molar-refractivity contribution in [3.8, 4) is 6.07 Å². The average Bonchev–Trinajstić information content (AvgIpc) is 2.94. The molecule has 0 aliphatic rings. The Kier molecular flexibility index (Phi) is 5.48. The molecule has 0 fully saturated rings. The number of carbonyl (C=O) groups excluding carboxylic acids is 1. The van der Waals surface area contributed by atoms with Crippen molar-refractivity contribution in [2.45, 2.75) is 34.1 Å². The second-order valence-corrected chi connectivity index (χ2v) is 6.95. The number of halogens is 1. The number of hydrogen-bond donors (Lipinski definition) is 1. The van der Waals surface area contributed by atoms with E-state index in [9.17, 15) is 10.1 Å². The minimum Gasteiger partial charge on any atom is -0.443 e. The number of aromatic nitrogens is 2. The van der Waals surface area contributed by atoms with E-state index in [0.29, 0.717) is 28.8 Å². The number of benzene rings is 1. The van der Waals surface area contributed by atoms with Crippen LogP contribution in [0.15, 0.2) is 28.7 Å². The molecule has 2 aromatic heterocycles. The van der Waals surface area contributed by atoms with E-state index in [-0.39, 0.29) is 22.8 Å². The normalized spacial score (nSPS) is 10.6. The summed E-state index contributed by atoms with van der Waals surface area (Å²) in [6.45, 7) is 6.77. The number of aryl methyl sites for hydroxylation is 3. The first-order chi connectivity index (χ1) is 13.3. The summed E-state index contributed by atoms with van der Waals surface area (Å²) in [5.74, 6) is 1.52. The number of rotatable bonds is 5. The van der Waals surface area contributed by atoms with Crippen LogP contribution in [0.1, 0.15) is 51.3 Å². The van der Waals surface area contributed by atoms with Crippen molar-refractivity contribution in [1.82, 2.24) is 9.97 Å². The lowest BCUT2D eigenvalue weighted by atomic mass is 10.0. The molecule has 0 amide bonds. The molecule has 0 saturated heterocycles. The maximum atomic E-state index is 11.9. The topological polar surface area (TPSA) is 91.8 Å². The Labute approximate surface area is 168 Å². The van der Waals surface area contributed by atoms with E-state index >= 15 is 0 Å². The highest BCUT2D eigenvalue weighted by atomic mass is 35.5. The van der Waals surface area contributed by atoms with Crippen LogP contribution in [0.25, 0.3) is 0 Å². The first-order valence-corrected chi connectivity index (χ1v) is 9.08. The molecule has 3 rings (SSSR count). The van der Waals surface area contributed by atoms with Crippen LogP contribution in [-0.4, -0.2) is 15.8 Å². The lowest BCUT2D eigenvalue weighted by Gasteiger charge is -2.13. The van der Waals surface area contributed by atoms with Gasteiger partial charge in [-0.1, -0.05) is 23.7 Å². The number of ketones is 1. The third kappa shape index (κ3) is 3.90. The summed E-state index contributed by atoms with van der Waals surface area (Å²) in [6.07, 6.45) is 0.576. The van der Waals surface area contributed by atoms with E-state index in [1.807, 2.05) is 31.2 Å². The predicted octanol–water partition coefficient (Wildman–Crippen LogP) is 5.06. The van der Waals surface area contributed by atoms with Gasteiger partial charge in [-0.25, -0.2) is 9.97 Å². The number of Topliss-reactive ketones (excluding diaryl/α,β-unsaturated/α-hetero) is 1. The molecule has 6 nitrogen and oxygen atoms in total. The minimum absolute atomic E-state index is 0.177. The maximum absolute atomic E-state index is 11.9. The Hall–Kier alpha value is -3.17. The number of nitrogens with one attached hydrogen (secondary N) is 1. The minimum atomic E-state index is -0.220. The SMILES string of the molecule is CC(=O)c1c(C)oc(Nc2nc(C)nc(C)c2Cc2ccc(Cl)cc2)c1C#N. The van der Waals surface area contributed by atoms with Gasteiger partial charge in [-0.2, -0.15) is 5.26 Å². The van der Waals surface area contributed by atoms with Crippen molar-refractivity contribution >= 4 is 29.1 Å². The van der Waals surface area contributed by atoms with Gasteiger partial charge in [0.1, 0.15) is 29.0 Å². The van der Waals surface area contributed by atoms with E-state index in [2.05, 4.69) is 21.4 Å². The first-order valence-electron chi connectivity index (χ1n) is 8.70. The first kappa shape index (κ1) is 19.6. The number of nitrogens with zero attached hydrogens (tertiary/aromatic N) is 3. The van der Waals surface area contributed by atoms with Crippen LogP contribution in [-0.2, 0) is 6.42 Å². The van der Waals surface area contributed by atoms with Gasteiger partial charge in [0.25, 0.3) is 0 Å². The number of anilines is 2. The number of carbonyl (C=O) groups is 1. The highest BCUT2D eigenvalue weighted by Crippen LogP contribution is 2.31. The molecule has 0 aliphatic heterocycles. The summed E-state index contributed by atoms with van der Waals surface area (Å²) in [5, 5.41) is 13.3. The summed E-state index contributed by atoms with van der Waals surface area (Å²) in [5.41, 5.74) is 3.19. The average molecular weight is 395 g/mol. The zero-order chi connectivity index (χ0) is 20.4. The predicted molar refractivity (Wildman–Crippen MR) is 107 cm³/mol. The van der Waals surface area contributed by atoms with Gasteiger partial charge in [-0.3, -0.25) is 4.79 Å². The summed E-state index contributed by atoms with van der Waals surface area (Å²) in [7, 11) is 0. The smallest absolute Gasteiger partial charge is 0.217 e. The third-order valence-electron chi connectivity index (χ3n) is 4.40. The van der Waals surface area contributed by atoms with E-state index in [4.69, 9.17) is 16.0 Å². The highest BCUT2D eigenvalue weighted by molar-refractivity contribution is 6.30. The molecular formula is C21H19ClN4O2. The summed E-state index contributed by atoms with van der Waals surface area (Å²) in [4.78, 5) is 20.8. The standard InChI is InChI=1S/C21H19ClN4O2/c1-11-17(9-15-5-7-16(22)8-6-15)20(25-14(4)24-11)26-21-18(10-23)19(12(2)27)13(3)28-21/h5-8H,9H2,1-4H3,(H,24,25,26). The van der Waals surface area contributed by atoms with Crippen molar-refractivity contribution < 1.29 is 9.21 Å². The molecule has 142 valence electrons. The van der Waals surface area contributed by atoms with Gasteiger partial charge in [0, 0.05) is 22.7 Å². The second-order valence-electron chi connectivity index (χ2n) is 6.52. The monoisotopic (exact) mass is 394 g/mol. The number of nitriles is 1. The Bertz CT molecular complexity index is 1100. The molecule has 1 N–H and O–H groups in total. The molecule has 2 heterocycles. The van der Waals surface area contributed by atoms with Crippen molar-refractivity contribution in [3.63, 3.8) is 0 Å². The van der Waals surface area contributed by atoms with Gasteiger partial charge in [-0.05, 0) is 45.4 Å². The molecule has 0 radical (unpaired) electrons. The van der Waals surface area contributed by atoms with Crippen LogP contribution in [0, 0.1) is 32.1 Å². The fourth-order valence-corrected chi connectivity index (χ4v) is 3.25. The van der Waals surface area contributed by atoms with Gasteiger partial charge in [0.05, 0.1) is 5.56 Å². The van der Waals surface area contributed by atoms with Gasteiger partial charge in [-0.15, -0.1) is 0 Å². The summed E-state index contributed by atoms with van der Waals surface area (Å²) < 4.78 is 5.67. The lowest BCUT2D eigenvalue weighted by Crippen LogP contribution is -2.07. The molecule has 0 bridgehead atoms. The second kappa shape index (κ2) is 7.83. The van der Waals surface area contributed by atoms with Crippen molar-refractivity contribution in [1.29, 1.82) is 5.26 Å².